The van der Waals surface area contributed by atoms with Crippen LogP contribution in [0.2, 0.25) is 0 Å². The molecule has 0 unspecified atom stereocenters. The molecule has 0 atom stereocenters. The summed E-state index contributed by atoms with van der Waals surface area (Å²) in [7, 11) is 0. The summed E-state index contributed by atoms with van der Waals surface area (Å²) in [5.74, 6) is -0.593. The number of nitrogens with one attached hydrogen (secondary N) is 1. The number of benzene rings is 1. The van der Waals surface area contributed by atoms with Crippen molar-refractivity contribution in [3.63, 3.8) is 0 Å². The number of hydrogen-bond donors (Lipinski definition) is 1. The number of anilines is 1. The van der Waals surface area contributed by atoms with Gasteiger partial charge in [0.05, 0.1) is 5.56 Å². The third-order valence-corrected chi connectivity index (χ3v) is 3.86. The number of carbonyl (C=O) groups excluding carboxylic acids is 1. The molecule has 0 saturated heterocycles. The second-order valence-electron chi connectivity index (χ2n) is 5.39. The Hall–Kier alpha value is -2.57. The van der Waals surface area contributed by atoms with Gasteiger partial charge in [0.15, 0.2) is 0 Å². The number of hydrogen-bond acceptors (Lipinski definition) is 2. The lowest BCUT2D eigenvalue weighted by atomic mass is 10.0. The van der Waals surface area contributed by atoms with Gasteiger partial charge in [0.1, 0.15) is 5.56 Å². The van der Waals surface area contributed by atoms with Crippen molar-refractivity contribution in [1.29, 1.82) is 0 Å². The topological polar surface area (TPSA) is 53.2 Å². The number of aromatic amines is 1. The van der Waals surface area contributed by atoms with Gasteiger partial charge in [-0.05, 0) is 43.2 Å². The number of alkyl halides is 3. The molecule has 2 heterocycles. The standard InChI is InChI=1S/C16H13F3N2O2/c1-9-5-6-11(14(22)20-9)15(23)21-8-7-10-12(16(17,18)19)3-2-4-13(10)21/h2-6H,7-8H2,1H3,(H,20,22). The number of H-pyrrole nitrogens is 1. The van der Waals surface area contributed by atoms with E-state index in [4.69, 9.17) is 0 Å². The number of aryl methyl sites for hydroxylation is 1. The van der Waals surface area contributed by atoms with Gasteiger partial charge in [-0.2, -0.15) is 13.2 Å². The zero-order valence-corrected chi connectivity index (χ0v) is 12.2. The predicted molar refractivity (Wildman–Crippen MR) is 78.6 cm³/mol. The van der Waals surface area contributed by atoms with Crippen LogP contribution < -0.4 is 10.5 Å². The van der Waals surface area contributed by atoms with Crippen LogP contribution in [0, 0.1) is 6.92 Å². The summed E-state index contributed by atoms with van der Waals surface area (Å²) in [6.07, 6.45) is -4.35. The Balaban J connectivity index is 2.03. The van der Waals surface area contributed by atoms with Crippen LogP contribution in [0.25, 0.3) is 0 Å². The first-order valence-corrected chi connectivity index (χ1v) is 7.00. The number of halogens is 3. The van der Waals surface area contributed by atoms with Gasteiger partial charge in [-0.15, -0.1) is 0 Å². The van der Waals surface area contributed by atoms with Crippen LogP contribution in [0.5, 0.6) is 0 Å². The van der Waals surface area contributed by atoms with E-state index >= 15 is 0 Å². The van der Waals surface area contributed by atoms with Crippen molar-refractivity contribution in [2.24, 2.45) is 0 Å². The number of aromatic nitrogens is 1. The van der Waals surface area contributed by atoms with Crippen molar-refractivity contribution >= 4 is 11.6 Å². The lowest BCUT2D eigenvalue weighted by molar-refractivity contribution is -0.138. The van der Waals surface area contributed by atoms with Crippen molar-refractivity contribution in [2.75, 3.05) is 11.4 Å². The highest BCUT2D eigenvalue weighted by Gasteiger charge is 2.38. The minimum atomic E-state index is -4.47. The molecule has 0 radical (unpaired) electrons. The van der Waals surface area contributed by atoms with Crippen molar-refractivity contribution in [3.8, 4) is 0 Å². The molecule has 7 heteroatoms. The molecule has 2 aromatic rings. The first kappa shape index (κ1) is 15.3. The minimum Gasteiger partial charge on any atom is -0.326 e. The minimum absolute atomic E-state index is 0.0825. The quantitative estimate of drug-likeness (QED) is 0.878. The molecule has 1 aliphatic rings. The molecule has 1 aromatic heterocycles. The summed E-state index contributed by atoms with van der Waals surface area (Å²) >= 11 is 0. The Morgan fingerprint density at radius 3 is 2.61 bits per heavy atom. The summed E-state index contributed by atoms with van der Waals surface area (Å²) in [5.41, 5.74) is -0.450. The SMILES string of the molecule is Cc1ccc(C(=O)N2CCc3c2cccc3C(F)(F)F)c(=O)[nH]1. The molecule has 1 aromatic carbocycles. The van der Waals surface area contributed by atoms with E-state index in [1.807, 2.05) is 0 Å². The average molecular weight is 322 g/mol. The van der Waals surface area contributed by atoms with E-state index in [0.29, 0.717) is 5.69 Å². The van der Waals surface area contributed by atoms with Crippen LogP contribution in [-0.2, 0) is 12.6 Å². The highest BCUT2D eigenvalue weighted by atomic mass is 19.4. The Morgan fingerprint density at radius 1 is 1.22 bits per heavy atom. The highest BCUT2D eigenvalue weighted by Crippen LogP contribution is 2.39. The molecule has 120 valence electrons. The molecule has 0 saturated carbocycles. The van der Waals surface area contributed by atoms with Crippen molar-refractivity contribution < 1.29 is 18.0 Å². The smallest absolute Gasteiger partial charge is 0.326 e. The maximum Gasteiger partial charge on any atom is 0.416 e. The largest absolute Gasteiger partial charge is 0.416 e. The molecule has 3 rings (SSSR count). The molecule has 23 heavy (non-hydrogen) atoms. The van der Waals surface area contributed by atoms with Gasteiger partial charge in [-0.25, -0.2) is 0 Å². The summed E-state index contributed by atoms with van der Waals surface area (Å²) in [4.78, 5) is 28.2. The van der Waals surface area contributed by atoms with Gasteiger partial charge in [0.2, 0.25) is 0 Å². The second-order valence-corrected chi connectivity index (χ2v) is 5.39. The molecule has 0 fully saturated rings. The van der Waals surface area contributed by atoms with E-state index in [1.54, 1.807) is 13.0 Å². The number of fused-ring (bicyclic) bond motifs is 1. The van der Waals surface area contributed by atoms with Crippen molar-refractivity contribution in [3.05, 3.63) is 63.1 Å². The number of pyridine rings is 1. The maximum absolute atomic E-state index is 13.0. The van der Waals surface area contributed by atoms with Crippen LogP contribution in [0.3, 0.4) is 0 Å². The Morgan fingerprint density at radius 2 is 1.96 bits per heavy atom. The lowest BCUT2D eigenvalue weighted by Crippen LogP contribution is -2.33. The molecule has 1 amide bonds. The zero-order valence-electron chi connectivity index (χ0n) is 12.2. The molecule has 1 aliphatic heterocycles. The molecule has 4 nitrogen and oxygen atoms in total. The first-order chi connectivity index (χ1) is 10.8. The number of rotatable bonds is 1. The van der Waals surface area contributed by atoms with Crippen LogP contribution in [0.1, 0.15) is 27.2 Å². The van der Waals surface area contributed by atoms with E-state index in [2.05, 4.69) is 4.98 Å². The summed E-state index contributed by atoms with van der Waals surface area (Å²) in [5, 5.41) is 0. The summed E-state index contributed by atoms with van der Waals surface area (Å²) in [6.45, 7) is 1.80. The fourth-order valence-corrected chi connectivity index (χ4v) is 2.80. The van der Waals surface area contributed by atoms with E-state index in [9.17, 15) is 22.8 Å². The fraction of sp³-hybridized carbons (Fsp3) is 0.250. The second kappa shape index (κ2) is 5.26. The average Bonchev–Trinajstić information content (AvgIpc) is 2.89. The van der Waals surface area contributed by atoms with E-state index < -0.39 is 23.2 Å². The van der Waals surface area contributed by atoms with Crippen LogP contribution in [0.15, 0.2) is 35.1 Å². The molecular weight excluding hydrogens is 309 g/mol. The third kappa shape index (κ3) is 2.62. The van der Waals surface area contributed by atoms with Gasteiger partial charge < -0.3 is 9.88 Å². The van der Waals surface area contributed by atoms with Gasteiger partial charge in [0, 0.05) is 17.9 Å². The van der Waals surface area contributed by atoms with Gasteiger partial charge >= 0.3 is 6.18 Å². The Kier molecular flexibility index (Phi) is 3.50. The first-order valence-electron chi connectivity index (χ1n) is 7.00. The highest BCUT2D eigenvalue weighted by molar-refractivity contribution is 6.07. The van der Waals surface area contributed by atoms with Crippen molar-refractivity contribution in [2.45, 2.75) is 19.5 Å². The zero-order chi connectivity index (χ0) is 16.8. The van der Waals surface area contributed by atoms with Crippen LogP contribution in [0.4, 0.5) is 18.9 Å². The van der Waals surface area contributed by atoms with E-state index in [0.717, 1.165) is 6.07 Å². The fourth-order valence-electron chi connectivity index (χ4n) is 2.80. The molecule has 1 N–H and O–H groups in total. The summed E-state index contributed by atoms with van der Waals surface area (Å²) in [6, 6.07) is 6.72. The number of amides is 1. The van der Waals surface area contributed by atoms with Crippen molar-refractivity contribution in [1.82, 2.24) is 4.98 Å². The monoisotopic (exact) mass is 322 g/mol. The molecular formula is C16H13F3N2O2. The summed E-state index contributed by atoms with van der Waals surface area (Å²) < 4.78 is 39.1. The van der Waals surface area contributed by atoms with Crippen LogP contribution >= 0.6 is 0 Å². The Bertz CT molecular complexity index is 840. The Labute approximate surface area is 129 Å². The third-order valence-electron chi connectivity index (χ3n) is 3.86. The number of carbonyl (C=O) groups is 1. The van der Waals surface area contributed by atoms with Gasteiger partial charge in [-0.1, -0.05) is 6.07 Å². The number of nitrogens with zero attached hydrogens (tertiary/aromatic N) is 1. The lowest BCUT2D eigenvalue weighted by Gasteiger charge is -2.18. The molecule has 0 spiro atoms. The maximum atomic E-state index is 13.0. The van der Waals surface area contributed by atoms with Gasteiger partial charge in [-0.3, -0.25) is 9.59 Å². The van der Waals surface area contributed by atoms with Gasteiger partial charge in [0.25, 0.3) is 11.5 Å². The normalized spacial score (nSPS) is 14.0. The molecule has 0 bridgehead atoms. The van der Waals surface area contributed by atoms with E-state index in [-0.39, 0.29) is 29.8 Å². The van der Waals surface area contributed by atoms with E-state index in [1.165, 1.54) is 23.1 Å². The predicted octanol–water partition coefficient (Wildman–Crippen LogP) is 2.91. The van der Waals surface area contributed by atoms with Crippen LogP contribution in [-0.4, -0.2) is 17.4 Å². The molecule has 0 aliphatic carbocycles.